The SMILES string of the molecule is COc1cc(CN[C@@H]2C[C@@H](O)CN(C(C)=O)C[C@H]2O)ccc1OCCN(C)C. The van der Waals surface area contributed by atoms with Crippen molar-refractivity contribution < 1.29 is 24.5 Å². The van der Waals surface area contributed by atoms with Crippen molar-refractivity contribution in [2.45, 2.75) is 38.1 Å². The second-order valence-electron chi connectivity index (χ2n) is 7.51. The Labute approximate surface area is 167 Å². The molecule has 28 heavy (non-hydrogen) atoms. The third kappa shape index (κ3) is 6.63. The van der Waals surface area contributed by atoms with Crippen LogP contribution >= 0.6 is 0 Å². The Morgan fingerprint density at radius 1 is 1.29 bits per heavy atom. The average molecular weight is 396 g/mol. The number of methoxy groups -OCH3 is 1. The van der Waals surface area contributed by atoms with E-state index in [-0.39, 0.29) is 25.0 Å². The summed E-state index contributed by atoms with van der Waals surface area (Å²) in [5.41, 5.74) is 0.978. The Morgan fingerprint density at radius 2 is 2.04 bits per heavy atom. The van der Waals surface area contributed by atoms with E-state index in [1.54, 1.807) is 7.11 Å². The summed E-state index contributed by atoms with van der Waals surface area (Å²) in [6, 6.07) is 5.42. The van der Waals surface area contributed by atoms with E-state index in [0.29, 0.717) is 31.1 Å². The van der Waals surface area contributed by atoms with Crippen LogP contribution in [0.5, 0.6) is 11.5 Å². The van der Waals surface area contributed by atoms with Gasteiger partial charge in [0.15, 0.2) is 11.5 Å². The molecular weight excluding hydrogens is 362 g/mol. The fourth-order valence-corrected chi connectivity index (χ4v) is 3.21. The predicted octanol–water partition coefficient (Wildman–Crippen LogP) is 0.0678. The van der Waals surface area contributed by atoms with Crippen LogP contribution < -0.4 is 14.8 Å². The minimum absolute atomic E-state index is 0.145. The van der Waals surface area contributed by atoms with Crippen LogP contribution in [0.1, 0.15) is 18.9 Å². The molecule has 1 heterocycles. The molecule has 8 heteroatoms. The maximum absolute atomic E-state index is 11.6. The quantitative estimate of drug-likeness (QED) is 0.573. The molecule has 158 valence electrons. The van der Waals surface area contributed by atoms with Crippen molar-refractivity contribution in [2.24, 2.45) is 0 Å². The monoisotopic (exact) mass is 395 g/mol. The van der Waals surface area contributed by atoms with E-state index in [4.69, 9.17) is 9.47 Å². The molecule has 3 N–H and O–H groups in total. The van der Waals surface area contributed by atoms with Gasteiger partial charge in [-0.25, -0.2) is 0 Å². The van der Waals surface area contributed by atoms with E-state index in [2.05, 4.69) is 5.32 Å². The first-order valence-corrected chi connectivity index (χ1v) is 9.59. The maximum atomic E-state index is 11.6. The highest BCUT2D eigenvalue weighted by atomic mass is 16.5. The van der Waals surface area contributed by atoms with Gasteiger partial charge < -0.3 is 34.8 Å². The van der Waals surface area contributed by atoms with Gasteiger partial charge in [-0.1, -0.05) is 6.07 Å². The van der Waals surface area contributed by atoms with E-state index in [1.807, 2.05) is 37.2 Å². The van der Waals surface area contributed by atoms with Gasteiger partial charge in [0.25, 0.3) is 0 Å². The second kappa shape index (κ2) is 10.6. The number of ether oxygens (including phenoxy) is 2. The number of aliphatic hydroxyl groups is 2. The number of aliphatic hydroxyl groups excluding tert-OH is 2. The molecule has 1 fully saturated rings. The summed E-state index contributed by atoms with van der Waals surface area (Å²) in [4.78, 5) is 15.1. The smallest absolute Gasteiger partial charge is 0.219 e. The van der Waals surface area contributed by atoms with Gasteiger partial charge in [-0.3, -0.25) is 4.79 Å². The molecule has 3 atom stereocenters. The predicted molar refractivity (Wildman–Crippen MR) is 107 cm³/mol. The van der Waals surface area contributed by atoms with Crippen LogP contribution in [0.3, 0.4) is 0 Å². The Balaban J connectivity index is 1.96. The highest BCUT2D eigenvalue weighted by molar-refractivity contribution is 5.73. The number of hydrogen-bond donors (Lipinski definition) is 3. The van der Waals surface area contributed by atoms with Gasteiger partial charge in [0.2, 0.25) is 5.91 Å². The maximum Gasteiger partial charge on any atom is 0.219 e. The summed E-state index contributed by atoms with van der Waals surface area (Å²) in [5, 5.41) is 23.9. The van der Waals surface area contributed by atoms with Crippen molar-refractivity contribution in [3.05, 3.63) is 23.8 Å². The minimum atomic E-state index is -0.739. The molecule has 0 aromatic heterocycles. The third-order valence-electron chi connectivity index (χ3n) is 4.87. The highest BCUT2D eigenvalue weighted by Crippen LogP contribution is 2.28. The molecule has 0 unspecified atom stereocenters. The number of nitrogens with one attached hydrogen (secondary N) is 1. The van der Waals surface area contributed by atoms with Crippen molar-refractivity contribution in [3.63, 3.8) is 0 Å². The Hall–Kier alpha value is -1.87. The molecule has 0 bridgehead atoms. The molecule has 1 aliphatic rings. The van der Waals surface area contributed by atoms with Gasteiger partial charge in [-0.05, 0) is 38.2 Å². The van der Waals surface area contributed by atoms with Gasteiger partial charge in [-0.2, -0.15) is 0 Å². The summed E-state index contributed by atoms with van der Waals surface area (Å²) in [7, 11) is 5.58. The summed E-state index contributed by atoms with van der Waals surface area (Å²) in [6.45, 7) is 3.79. The highest BCUT2D eigenvalue weighted by Gasteiger charge is 2.30. The molecule has 0 aliphatic carbocycles. The lowest BCUT2D eigenvalue weighted by molar-refractivity contribution is -0.131. The van der Waals surface area contributed by atoms with E-state index in [0.717, 1.165) is 12.1 Å². The van der Waals surface area contributed by atoms with Gasteiger partial charge in [0.05, 0.1) is 19.3 Å². The lowest BCUT2D eigenvalue weighted by Gasteiger charge is -2.24. The largest absolute Gasteiger partial charge is 0.493 e. The van der Waals surface area contributed by atoms with E-state index >= 15 is 0 Å². The van der Waals surface area contributed by atoms with Crippen molar-refractivity contribution in [2.75, 3.05) is 47.4 Å². The number of amides is 1. The van der Waals surface area contributed by atoms with Crippen molar-refractivity contribution >= 4 is 5.91 Å². The number of likely N-dealkylation sites (N-methyl/N-ethyl adjacent to an activating group) is 1. The lowest BCUT2D eigenvalue weighted by Crippen LogP contribution is -2.44. The molecule has 0 saturated carbocycles. The lowest BCUT2D eigenvalue weighted by atomic mass is 10.0. The average Bonchev–Trinajstić information content (AvgIpc) is 2.78. The summed E-state index contributed by atoms with van der Waals surface area (Å²) >= 11 is 0. The number of hydrogen-bond acceptors (Lipinski definition) is 7. The summed E-state index contributed by atoms with van der Waals surface area (Å²) in [5.74, 6) is 1.20. The molecule has 1 aromatic carbocycles. The molecule has 1 aromatic rings. The van der Waals surface area contributed by atoms with E-state index in [9.17, 15) is 15.0 Å². The topological polar surface area (TPSA) is 94.5 Å². The molecule has 2 rings (SSSR count). The van der Waals surface area contributed by atoms with Gasteiger partial charge in [0, 0.05) is 39.1 Å². The van der Waals surface area contributed by atoms with Crippen LogP contribution in [-0.2, 0) is 11.3 Å². The van der Waals surface area contributed by atoms with Crippen LogP contribution in [0, 0.1) is 0 Å². The molecule has 1 saturated heterocycles. The molecule has 1 aliphatic heterocycles. The number of benzene rings is 1. The van der Waals surface area contributed by atoms with Crippen LogP contribution in [0.15, 0.2) is 18.2 Å². The number of carbonyl (C=O) groups is 1. The first kappa shape index (κ1) is 22.4. The van der Waals surface area contributed by atoms with Crippen LogP contribution in [0.2, 0.25) is 0 Å². The summed E-state index contributed by atoms with van der Waals surface area (Å²) in [6.07, 6.45) is -1.02. The standard InChI is InChI=1S/C20H33N3O5/c1-14(24)23-12-16(25)10-17(18(26)13-23)21-11-15-5-6-19(20(9-15)27-4)28-8-7-22(2)3/h5-6,9,16-18,21,25-26H,7-8,10-13H2,1-4H3/t16-,17-,18-/m1/s1. The first-order chi connectivity index (χ1) is 13.3. The zero-order valence-corrected chi connectivity index (χ0v) is 17.2. The fourth-order valence-electron chi connectivity index (χ4n) is 3.21. The minimum Gasteiger partial charge on any atom is -0.493 e. The van der Waals surface area contributed by atoms with Crippen molar-refractivity contribution in [3.8, 4) is 11.5 Å². The molecular formula is C20H33N3O5. The third-order valence-corrected chi connectivity index (χ3v) is 4.87. The van der Waals surface area contributed by atoms with Gasteiger partial charge in [-0.15, -0.1) is 0 Å². The molecule has 0 spiro atoms. The normalized spacial score (nSPS) is 22.8. The van der Waals surface area contributed by atoms with E-state index in [1.165, 1.54) is 11.8 Å². The van der Waals surface area contributed by atoms with Crippen LogP contribution in [0.25, 0.3) is 0 Å². The van der Waals surface area contributed by atoms with Crippen molar-refractivity contribution in [1.29, 1.82) is 0 Å². The Morgan fingerprint density at radius 3 is 2.68 bits per heavy atom. The summed E-state index contributed by atoms with van der Waals surface area (Å²) < 4.78 is 11.2. The number of β-amino-alcohol motifs (C(OH)–C–C–N with tert-alkyl or cyclic N) is 2. The van der Waals surface area contributed by atoms with Crippen molar-refractivity contribution in [1.82, 2.24) is 15.1 Å². The Bertz CT molecular complexity index is 640. The van der Waals surface area contributed by atoms with Gasteiger partial charge >= 0.3 is 0 Å². The zero-order chi connectivity index (χ0) is 20.7. The number of nitrogens with zero attached hydrogens (tertiary/aromatic N) is 2. The molecule has 1 amide bonds. The number of carbonyl (C=O) groups excluding carboxylic acids is 1. The van der Waals surface area contributed by atoms with Gasteiger partial charge in [0.1, 0.15) is 6.61 Å². The first-order valence-electron chi connectivity index (χ1n) is 9.59. The fraction of sp³-hybridized carbons (Fsp3) is 0.650. The van der Waals surface area contributed by atoms with Crippen LogP contribution in [-0.4, -0.2) is 91.6 Å². The number of likely N-dealkylation sites (tertiary alicyclic amines) is 1. The van der Waals surface area contributed by atoms with Crippen LogP contribution in [0.4, 0.5) is 0 Å². The van der Waals surface area contributed by atoms with E-state index < -0.39 is 12.2 Å². The zero-order valence-electron chi connectivity index (χ0n) is 17.2. The second-order valence-corrected chi connectivity index (χ2v) is 7.51. The number of rotatable bonds is 8. The molecule has 8 nitrogen and oxygen atoms in total. The molecule has 0 radical (unpaired) electrons. The Kier molecular flexibility index (Phi) is 8.50.